The molecule has 0 N–H and O–H groups in total. The fourth-order valence-corrected chi connectivity index (χ4v) is 5.35. The molecule has 0 spiro atoms. The zero-order valence-electron chi connectivity index (χ0n) is 16.9. The molecule has 3 aromatic rings. The fraction of sp³-hybridized carbons (Fsp3) is 0.476. The van der Waals surface area contributed by atoms with Gasteiger partial charge in [-0.1, -0.05) is 18.1 Å². The molecular weight excluding hydrogens is 404 g/mol. The third-order valence-corrected chi connectivity index (χ3v) is 7.29. The van der Waals surface area contributed by atoms with Crippen molar-refractivity contribution in [2.75, 3.05) is 32.7 Å². The van der Waals surface area contributed by atoms with Crippen LogP contribution in [0.15, 0.2) is 28.1 Å². The number of hydrogen-bond donors (Lipinski definition) is 0. The van der Waals surface area contributed by atoms with Gasteiger partial charge in [-0.15, -0.1) is 22.7 Å². The van der Waals surface area contributed by atoms with E-state index >= 15 is 0 Å². The highest BCUT2D eigenvalue weighted by atomic mass is 32.1. The topological polar surface area (TPSA) is 62.5 Å². The SMILES string of the molecule is CCc1cc(C(=O)N2CCN(CCCc3nc(-c4cccs4)no3)CC2)sc1C. The third kappa shape index (κ3) is 4.76. The van der Waals surface area contributed by atoms with Crippen molar-refractivity contribution in [3.63, 3.8) is 0 Å². The number of hydrogen-bond acceptors (Lipinski definition) is 7. The Balaban J connectivity index is 1.21. The molecule has 1 saturated heterocycles. The number of carbonyl (C=O) groups is 1. The van der Waals surface area contributed by atoms with E-state index in [4.69, 9.17) is 4.52 Å². The van der Waals surface area contributed by atoms with E-state index in [9.17, 15) is 4.79 Å². The zero-order chi connectivity index (χ0) is 20.2. The predicted octanol–water partition coefficient (Wildman–Crippen LogP) is 4.12. The first-order valence-corrected chi connectivity index (χ1v) is 11.8. The van der Waals surface area contributed by atoms with Crippen molar-refractivity contribution in [3.8, 4) is 10.7 Å². The Bertz CT molecular complexity index is 940. The Morgan fingerprint density at radius 2 is 2.10 bits per heavy atom. The number of thiophene rings is 2. The summed E-state index contributed by atoms with van der Waals surface area (Å²) in [7, 11) is 0. The van der Waals surface area contributed by atoms with Crippen LogP contribution < -0.4 is 0 Å². The first-order valence-electron chi connectivity index (χ1n) is 10.1. The number of piperazine rings is 1. The summed E-state index contributed by atoms with van der Waals surface area (Å²) < 4.78 is 5.37. The number of nitrogens with zero attached hydrogens (tertiary/aromatic N) is 4. The molecule has 0 bridgehead atoms. The second kappa shape index (κ2) is 9.19. The Morgan fingerprint density at radius 1 is 1.28 bits per heavy atom. The minimum atomic E-state index is 0.185. The zero-order valence-corrected chi connectivity index (χ0v) is 18.5. The van der Waals surface area contributed by atoms with E-state index in [-0.39, 0.29) is 5.91 Å². The summed E-state index contributed by atoms with van der Waals surface area (Å²) in [5.41, 5.74) is 1.29. The summed E-state index contributed by atoms with van der Waals surface area (Å²) in [5, 5.41) is 6.08. The molecular formula is C21H26N4O2S2. The van der Waals surface area contributed by atoms with E-state index in [2.05, 4.69) is 35.0 Å². The molecule has 0 radical (unpaired) electrons. The Morgan fingerprint density at radius 3 is 2.79 bits per heavy atom. The molecule has 3 aromatic heterocycles. The van der Waals surface area contributed by atoms with Gasteiger partial charge in [-0.3, -0.25) is 9.69 Å². The van der Waals surface area contributed by atoms with E-state index in [1.54, 1.807) is 22.7 Å². The van der Waals surface area contributed by atoms with Gasteiger partial charge in [-0.25, -0.2) is 0 Å². The lowest BCUT2D eigenvalue weighted by atomic mass is 10.2. The van der Waals surface area contributed by atoms with Gasteiger partial charge in [0.2, 0.25) is 11.7 Å². The maximum absolute atomic E-state index is 12.8. The maximum atomic E-state index is 12.8. The van der Waals surface area contributed by atoms with Gasteiger partial charge >= 0.3 is 0 Å². The average molecular weight is 431 g/mol. The quantitative estimate of drug-likeness (QED) is 0.564. The van der Waals surface area contributed by atoms with Crippen molar-refractivity contribution < 1.29 is 9.32 Å². The first kappa shape index (κ1) is 20.3. The molecule has 1 amide bonds. The van der Waals surface area contributed by atoms with Crippen LogP contribution in [0.3, 0.4) is 0 Å². The molecule has 8 heteroatoms. The van der Waals surface area contributed by atoms with Crippen molar-refractivity contribution >= 4 is 28.6 Å². The molecule has 0 atom stereocenters. The second-order valence-corrected chi connectivity index (χ2v) is 9.48. The van der Waals surface area contributed by atoms with Crippen LogP contribution in [0.5, 0.6) is 0 Å². The summed E-state index contributed by atoms with van der Waals surface area (Å²) in [6.07, 6.45) is 2.74. The highest BCUT2D eigenvalue weighted by molar-refractivity contribution is 7.14. The van der Waals surface area contributed by atoms with E-state index in [0.717, 1.165) is 61.7 Å². The van der Waals surface area contributed by atoms with Crippen LogP contribution in [-0.4, -0.2) is 58.6 Å². The van der Waals surface area contributed by atoms with Crippen LogP contribution in [0.1, 0.15) is 39.3 Å². The lowest BCUT2D eigenvalue weighted by molar-refractivity contribution is 0.0640. The molecule has 6 nitrogen and oxygen atoms in total. The summed E-state index contributed by atoms with van der Waals surface area (Å²) >= 11 is 3.24. The van der Waals surface area contributed by atoms with Gasteiger partial charge in [-0.05, 0) is 49.4 Å². The van der Waals surface area contributed by atoms with Gasteiger partial charge in [0.15, 0.2) is 0 Å². The van der Waals surface area contributed by atoms with Crippen molar-refractivity contribution in [1.29, 1.82) is 0 Å². The van der Waals surface area contributed by atoms with Crippen LogP contribution in [-0.2, 0) is 12.8 Å². The predicted molar refractivity (Wildman–Crippen MR) is 117 cm³/mol. The van der Waals surface area contributed by atoms with Crippen LogP contribution in [0, 0.1) is 6.92 Å². The monoisotopic (exact) mass is 430 g/mol. The van der Waals surface area contributed by atoms with Gasteiger partial charge in [0.1, 0.15) is 0 Å². The second-order valence-electron chi connectivity index (χ2n) is 7.27. The minimum Gasteiger partial charge on any atom is -0.339 e. The Hall–Kier alpha value is -2.03. The van der Waals surface area contributed by atoms with Crippen molar-refractivity contribution in [3.05, 3.63) is 44.8 Å². The van der Waals surface area contributed by atoms with Gasteiger partial charge in [-0.2, -0.15) is 4.98 Å². The lowest BCUT2D eigenvalue weighted by Crippen LogP contribution is -2.48. The highest BCUT2D eigenvalue weighted by Crippen LogP contribution is 2.24. The number of amides is 1. The molecule has 4 rings (SSSR count). The van der Waals surface area contributed by atoms with E-state index in [0.29, 0.717) is 11.7 Å². The van der Waals surface area contributed by atoms with E-state index in [1.807, 2.05) is 22.4 Å². The van der Waals surface area contributed by atoms with Gasteiger partial charge in [0.05, 0.1) is 9.75 Å². The Kier molecular flexibility index (Phi) is 6.42. The number of carbonyl (C=O) groups excluding carboxylic acids is 1. The Labute approximate surface area is 179 Å². The van der Waals surface area contributed by atoms with Crippen LogP contribution >= 0.6 is 22.7 Å². The smallest absolute Gasteiger partial charge is 0.264 e. The van der Waals surface area contributed by atoms with Crippen molar-refractivity contribution in [2.24, 2.45) is 0 Å². The van der Waals surface area contributed by atoms with Crippen LogP contribution in [0.2, 0.25) is 0 Å². The largest absolute Gasteiger partial charge is 0.339 e. The van der Waals surface area contributed by atoms with Gasteiger partial charge < -0.3 is 9.42 Å². The maximum Gasteiger partial charge on any atom is 0.264 e. The third-order valence-electron chi connectivity index (χ3n) is 5.35. The molecule has 0 saturated carbocycles. The number of rotatable bonds is 7. The van der Waals surface area contributed by atoms with Gasteiger partial charge in [0.25, 0.3) is 5.91 Å². The molecule has 29 heavy (non-hydrogen) atoms. The molecule has 0 unspecified atom stereocenters. The number of aryl methyl sites for hydroxylation is 3. The van der Waals surface area contributed by atoms with E-state index in [1.165, 1.54) is 10.4 Å². The summed E-state index contributed by atoms with van der Waals surface area (Å²) in [6.45, 7) is 8.64. The average Bonchev–Trinajstić information content (AvgIpc) is 3.48. The van der Waals surface area contributed by atoms with Crippen molar-refractivity contribution in [2.45, 2.75) is 33.1 Å². The van der Waals surface area contributed by atoms with Gasteiger partial charge in [0, 0.05) is 37.5 Å². The standard InChI is InChI=1S/C21H26N4O2S2/c1-3-16-14-18(29-15(16)2)21(26)25-11-9-24(10-12-25)8-4-7-19-22-20(23-27-19)17-6-5-13-28-17/h5-6,13-14H,3-4,7-12H2,1-2H3. The molecule has 1 aliphatic heterocycles. The lowest BCUT2D eigenvalue weighted by Gasteiger charge is -2.34. The first-order chi connectivity index (χ1) is 14.1. The summed E-state index contributed by atoms with van der Waals surface area (Å²) in [5.74, 6) is 1.56. The molecule has 154 valence electrons. The normalized spacial score (nSPS) is 15.2. The van der Waals surface area contributed by atoms with E-state index < -0.39 is 0 Å². The molecule has 1 aliphatic rings. The molecule has 0 aliphatic carbocycles. The molecule has 0 aromatic carbocycles. The van der Waals surface area contributed by atoms with Crippen molar-refractivity contribution in [1.82, 2.24) is 19.9 Å². The summed E-state index contributed by atoms with van der Waals surface area (Å²) in [4.78, 5) is 24.8. The van der Waals surface area contributed by atoms with Crippen LogP contribution in [0.25, 0.3) is 10.7 Å². The molecule has 4 heterocycles. The fourth-order valence-electron chi connectivity index (χ4n) is 3.62. The highest BCUT2D eigenvalue weighted by Gasteiger charge is 2.23. The minimum absolute atomic E-state index is 0.185. The summed E-state index contributed by atoms with van der Waals surface area (Å²) in [6, 6.07) is 6.06. The number of aromatic nitrogens is 2. The van der Waals surface area contributed by atoms with Crippen LogP contribution in [0.4, 0.5) is 0 Å². The molecule has 1 fully saturated rings.